The minimum Gasteiger partial charge on any atom is -0.453 e. The number of thiocarbonyl (C=S) groups is 1. The average Bonchev–Trinajstić information content (AvgIpc) is 2.55. The summed E-state index contributed by atoms with van der Waals surface area (Å²) in [6, 6.07) is 11.7. The number of aryl methyl sites for hydroxylation is 3. The van der Waals surface area contributed by atoms with Gasteiger partial charge < -0.3 is 10.1 Å². The fourth-order valence-electron chi connectivity index (χ4n) is 2.52. The van der Waals surface area contributed by atoms with Crippen molar-refractivity contribution in [2.45, 2.75) is 20.8 Å². The molecule has 0 radical (unpaired) electrons. The number of anilines is 1. The largest absolute Gasteiger partial charge is 0.453 e. The first-order valence-corrected chi connectivity index (χ1v) is 8.18. The van der Waals surface area contributed by atoms with E-state index >= 15 is 0 Å². The Labute approximate surface area is 153 Å². The predicted molar refractivity (Wildman–Crippen MR) is 106 cm³/mol. The van der Waals surface area contributed by atoms with E-state index in [1.165, 1.54) is 23.8 Å². The normalized spacial score (nSPS) is 10.6. The Morgan fingerprint density at radius 3 is 2.44 bits per heavy atom. The molecule has 2 rings (SSSR count). The first kappa shape index (κ1) is 18.6. The second-order valence-corrected chi connectivity index (χ2v) is 6.07. The molecule has 0 heterocycles. The van der Waals surface area contributed by atoms with E-state index in [1.807, 2.05) is 30.5 Å². The molecule has 25 heavy (non-hydrogen) atoms. The number of ether oxygens (including phenoxy) is 1. The number of para-hydroxylation sites is 2. The van der Waals surface area contributed by atoms with E-state index in [2.05, 4.69) is 53.3 Å². The Balaban J connectivity index is 2.24. The van der Waals surface area contributed by atoms with Crippen LogP contribution >= 0.6 is 12.2 Å². The van der Waals surface area contributed by atoms with Gasteiger partial charge in [-0.15, -0.1) is 0 Å². The van der Waals surface area contributed by atoms with Gasteiger partial charge in [-0.05, 0) is 61.8 Å². The highest BCUT2D eigenvalue weighted by Crippen LogP contribution is 2.25. The Bertz CT molecular complexity index is 808. The maximum absolute atomic E-state index is 11.2. The second kappa shape index (κ2) is 8.39. The molecule has 0 aromatic heterocycles. The molecule has 2 aromatic rings. The van der Waals surface area contributed by atoms with Crippen LogP contribution in [0.3, 0.4) is 0 Å². The van der Waals surface area contributed by atoms with Gasteiger partial charge in [-0.25, -0.2) is 4.79 Å². The number of hydrogen-bond acceptors (Lipinski definition) is 4. The lowest BCUT2D eigenvalue weighted by molar-refractivity contribution is 0.177. The number of carbonyl (C=O) groups excluding carboxylic acids is 1. The third-order valence-corrected chi connectivity index (χ3v) is 3.83. The van der Waals surface area contributed by atoms with Crippen LogP contribution in [-0.4, -0.2) is 24.5 Å². The summed E-state index contributed by atoms with van der Waals surface area (Å²) in [7, 11) is 1.28. The standard InChI is InChI=1S/C19H21N3O2S/c1-12-9-13(2)15(14(3)10-12)11-20-16-7-5-6-8-17(16)21-18(25)22-19(23)24-4/h5-11H,1-4H3,(H2,21,22,23,25)/b20-11+. The van der Waals surface area contributed by atoms with Crippen LogP contribution in [0.2, 0.25) is 0 Å². The average molecular weight is 355 g/mol. The third-order valence-electron chi connectivity index (χ3n) is 3.62. The van der Waals surface area contributed by atoms with E-state index in [4.69, 9.17) is 12.2 Å². The molecule has 0 bridgehead atoms. The van der Waals surface area contributed by atoms with E-state index in [9.17, 15) is 4.79 Å². The maximum atomic E-state index is 11.2. The summed E-state index contributed by atoms with van der Waals surface area (Å²) in [4.78, 5) is 15.8. The molecular formula is C19H21N3O2S. The van der Waals surface area contributed by atoms with E-state index in [-0.39, 0.29) is 5.11 Å². The lowest BCUT2D eigenvalue weighted by Gasteiger charge is -2.11. The van der Waals surface area contributed by atoms with Crippen LogP contribution in [0.4, 0.5) is 16.2 Å². The smallest absolute Gasteiger partial charge is 0.413 e. The molecule has 0 saturated carbocycles. The summed E-state index contributed by atoms with van der Waals surface area (Å²) >= 11 is 5.10. The van der Waals surface area contributed by atoms with Crippen molar-refractivity contribution >= 4 is 41.0 Å². The molecule has 2 aromatic carbocycles. The first-order chi connectivity index (χ1) is 11.9. The summed E-state index contributed by atoms with van der Waals surface area (Å²) in [5.41, 5.74) is 6.09. The van der Waals surface area contributed by atoms with Gasteiger partial charge in [0.25, 0.3) is 0 Å². The van der Waals surface area contributed by atoms with Crippen LogP contribution in [0.1, 0.15) is 22.3 Å². The van der Waals surface area contributed by atoms with Gasteiger partial charge in [-0.2, -0.15) is 0 Å². The number of hydrogen-bond donors (Lipinski definition) is 2. The number of nitrogens with one attached hydrogen (secondary N) is 2. The molecule has 1 amide bonds. The van der Waals surface area contributed by atoms with Crippen molar-refractivity contribution in [3.8, 4) is 0 Å². The molecule has 0 aliphatic rings. The summed E-state index contributed by atoms with van der Waals surface area (Å²) in [5, 5.41) is 5.52. The quantitative estimate of drug-likeness (QED) is 0.632. The number of nitrogens with zero attached hydrogens (tertiary/aromatic N) is 1. The number of benzene rings is 2. The van der Waals surface area contributed by atoms with Gasteiger partial charge in [-0.1, -0.05) is 29.8 Å². The molecule has 0 aliphatic carbocycles. The Hall–Kier alpha value is -2.73. The zero-order chi connectivity index (χ0) is 18.4. The van der Waals surface area contributed by atoms with Crippen LogP contribution in [0.5, 0.6) is 0 Å². The molecular weight excluding hydrogens is 334 g/mol. The molecule has 0 atom stereocenters. The highest BCUT2D eigenvalue weighted by atomic mass is 32.1. The van der Waals surface area contributed by atoms with Crippen LogP contribution in [-0.2, 0) is 4.74 Å². The van der Waals surface area contributed by atoms with Crippen LogP contribution in [0.15, 0.2) is 41.4 Å². The van der Waals surface area contributed by atoms with Gasteiger partial charge in [0.15, 0.2) is 5.11 Å². The van der Waals surface area contributed by atoms with Gasteiger partial charge in [0.1, 0.15) is 0 Å². The zero-order valence-corrected chi connectivity index (χ0v) is 15.5. The van der Waals surface area contributed by atoms with E-state index < -0.39 is 6.09 Å². The number of aliphatic imine (C=N–C) groups is 1. The number of rotatable bonds is 3. The van der Waals surface area contributed by atoms with E-state index in [1.54, 1.807) is 0 Å². The van der Waals surface area contributed by atoms with Crippen LogP contribution in [0.25, 0.3) is 0 Å². The van der Waals surface area contributed by atoms with Crippen molar-refractivity contribution in [1.29, 1.82) is 0 Å². The lowest BCUT2D eigenvalue weighted by atomic mass is 10.0. The maximum Gasteiger partial charge on any atom is 0.413 e. The first-order valence-electron chi connectivity index (χ1n) is 7.77. The summed E-state index contributed by atoms with van der Waals surface area (Å²) in [5.74, 6) is 0. The zero-order valence-electron chi connectivity index (χ0n) is 14.7. The van der Waals surface area contributed by atoms with Crippen molar-refractivity contribution in [3.63, 3.8) is 0 Å². The number of carbonyl (C=O) groups is 1. The fourth-order valence-corrected chi connectivity index (χ4v) is 2.71. The number of alkyl carbamates (subject to hydrolysis) is 1. The Morgan fingerprint density at radius 2 is 1.80 bits per heavy atom. The summed E-state index contributed by atoms with van der Waals surface area (Å²) in [6.45, 7) is 6.22. The predicted octanol–water partition coefficient (Wildman–Crippen LogP) is 4.42. The molecule has 5 nitrogen and oxygen atoms in total. The van der Waals surface area contributed by atoms with Crippen LogP contribution < -0.4 is 10.6 Å². The molecule has 2 N–H and O–H groups in total. The number of methoxy groups -OCH3 is 1. The van der Waals surface area contributed by atoms with Gasteiger partial charge in [0.05, 0.1) is 18.5 Å². The highest BCUT2D eigenvalue weighted by Gasteiger charge is 2.07. The van der Waals surface area contributed by atoms with Crippen molar-refractivity contribution in [3.05, 3.63) is 58.7 Å². The van der Waals surface area contributed by atoms with E-state index in [0.717, 1.165) is 11.3 Å². The minimum atomic E-state index is -0.621. The van der Waals surface area contributed by atoms with Gasteiger partial charge in [0.2, 0.25) is 0 Å². The van der Waals surface area contributed by atoms with Gasteiger partial charge in [-0.3, -0.25) is 10.3 Å². The van der Waals surface area contributed by atoms with Gasteiger partial charge in [0, 0.05) is 6.21 Å². The molecule has 130 valence electrons. The van der Waals surface area contributed by atoms with Crippen molar-refractivity contribution < 1.29 is 9.53 Å². The SMILES string of the molecule is COC(=O)NC(=S)Nc1ccccc1/N=C/c1c(C)cc(C)cc1C. The molecule has 0 aliphatic heterocycles. The molecule has 0 spiro atoms. The Morgan fingerprint density at radius 1 is 1.16 bits per heavy atom. The molecule has 0 fully saturated rings. The third kappa shape index (κ3) is 5.12. The number of amides is 1. The summed E-state index contributed by atoms with van der Waals surface area (Å²) in [6.07, 6.45) is 1.23. The molecule has 6 heteroatoms. The van der Waals surface area contributed by atoms with E-state index in [0.29, 0.717) is 5.69 Å². The van der Waals surface area contributed by atoms with Gasteiger partial charge >= 0.3 is 6.09 Å². The minimum absolute atomic E-state index is 0.150. The fraction of sp³-hybridized carbons (Fsp3) is 0.211. The highest BCUT2D eigenvalue weighted by molar-refractivity contribution is 7.80. The van der Waals surface area contributed by atoms with Crippen molar-refractivity contribution in [1.82, 2.24) is 5.32 Å². The lowest BCUT2D eigenvalue weighted by Crippen LogP contribution is -2.33. The molecule has 0 saturated heterocycles. The second-order valence-electron chi connectivity index (χ2n) is 5.66. The molecule has 0 unspecified atom stereocenters. The van der Waals surface area contributed by atoms with Crippen molar-refractivity contribution in [2.24, 2.45) is 4.99 Å². The Kier molecular flexibility index (Phi) is 6.25. The summed E-state index contributed by atoms with van der Waals surface area (Å²) < 4.78 is 4.52. The monoisotopic (exact) mass is 355 g/mol. The van der Waals surface area contributed by atoms with Crippen LogP contribution in [0, 0.1) is 20.8 Å². The van der Waals surface area contributed by atoms with Crippen molar-refractivity contribution in [2.75, 3.05) is 12.4 Å². The topological polar surface area (TPSA) is 62.7 Å².